The Morgan fingerprint density at radius 1 is 1.53 bits per heavy atom. The van der Waals surface area contributed by atoms with Crippen LogP contribution in [0.4, 0.5) is 10.1 Å². The van der Waals surface area contributed by atoms with E-state index in [2.05, 4.69) is 10.3 Å². The number of nitro benzene ring substituents is 1. The summed E-state index contributed by atoms with van der Waals surface area (Å²) >= 11 is 0. The molecule has 0 radical (unpaired) electrons. The van der Waals surface area contributed by atoms with Gasteiger partial charge in [0.2, 0.25) is 5.89 Å². The fourth-order valence-corrected chi connectivity index (χ4v) is 1.60. The number of nitrogens with one attached hydrogen (secondary N) is 1. The average molecular weight is 265 g/mol. The Morgan fingerprint density at radius 3 is 3.00 bits per heavy atom. The molecule has 0 unspecified atom stereocenters. The van der Waals surface area contributed by atoms with Crippen molar-refractivity contribution in [1.82, 2.24) is 10.3 Å². The van der Waals surface area contributed by atoms with E-state index in [1.54, 1.807) is 0 Å². The maximum absolute atomic E-state index is 13.0. The smallest absolute Gasteiger partial charge is 0.284 e. The summed E-state index contributed by atoms with van der Waals surface area (Å²) in [4.78, 5) is 14.4. The molecule has 0 saturated heterocycles. The highest BCUT2D eigenvalue weighted by Crippen LogP contribution is 2.29. The molecule has 0 fully saturated rings. The summed E-state index contributed by atoms with van der Waals surface area (Å²) in [6.07, 6.45) is 1.42. The first-order valence-corrected chi connectivity index (χ1v) is 5.71. The van der Waals surface area contributed by atoms with Crippen LogP contribution in [0.15, 0.2) is 28.9 Å². The lowest BCUT2D eigenvalue weighted by Gasteiger charge is -1.98. The quantitative estimate of drug-likeness (QED) is 0.663. The van der Waals surface area contributed by atoms with Gasteiger partial charge in [-0.1, -0.05) is 6.92 Å². The first-order valence-electron chi connectivity index (χ1n) is 5.71. The standard InChI is InChI=1S/C12H12FN3O3/c1-2-14-6-9-7-19-12(15-9)10-4-3-8(13)5-11(10)16(17)18/h3-5,7,14H,2,6H2,1H3. The van der Waals surface area contributed by atoms with Crippen molar-refractivity contribution in [3.63, 3.8) is 0 Å². The molecular weight excluding hydrogens is 253 g/mol. The highest BCUT2D eigenvalue weighted by atomic mass is 19.1. The van der Waals surface area contributed by atoms with Gasteiger partial charge in [0.05, 0.1) is 16.7 Å². The van der Waals surface area contributed by atoms with Gasteiger partial charge in [-0.2, -0.15) is 0 Å². The monoisotopic (exact) mass is 265 g/mol. The second-order valence-corrected chi connectivity index (χ2v) is 3.84. The third-order valence-electron chi connectivity index (χ3n) is 2.49. The Bertz CT molecular complexity index is 598. The van der Waals surface area contributed by atoms with E-state index < -0.39 is 10.7 Å². The lowest BCUT2D eigenvalue weighted by Crippen LogP contribution is -2.11. The highest BCUT2D eigenvalue weighted by molar-refractivity contribution is 5.66. The molecule has 19 heavy (non-hydrogen) atoms. The van der Waals surface area contributed by atoms with E-state index in [-0.39, 0.29) is 17.1 Å². The molecule has 100 valence electrons. The van der Waals surface area contributed by atoms with Gasteiger partial charge in [-0.25, -0.2) is 9.37 Å². The molecule has 0 spiro atoms. The lowest BCUT2D eigenvalue weighted by atomic mass is 10.2. The van der Waals surface area contributed by atoms with Gasteiger partial charge in [0, 0.05) is 6.54 Å². The zero-order valence-corrected chi connectivity index (χ0v) is 10.2. The summed E-state index contributed by atoms with van der Waals surface area (Å²) in [6, 6.07) is 3.27. The van der Waals surface area contributed by atoms with Gasteiger partial charge in [0.1, 0.15) is 17.6 Å². The topological polar surface area (TPSA) is 81.2 Å². The Kier molecular flexibility index (Phi) is 3.86. The Labute approximate surface area is 108 Å². The molecule has 0 bridgehead atoms. The number of nitrogens with zero attached hydrogens (tertiary/aromatic N) is 2. The molecule has 2 aromatic rings. The predicted molar refractivity (Wildman–Crippen MR) is 65.9 cm³/mol. The van der Waals surface area contributed by atoms with E-state index in [9.17, 15) is 14.5 Å². The summed E-state index contributed by atoms with van der Waals surface area (Å²) in [5, 5.41) is 13.9. The average Bonchev–Trinajstić information content (AvgIpc) is 2.84. The minimum atomic E-state index is -0.671. The summed E-state index contributed by atoms with van der Waals surface area (Å²) in [5.41, 5.74) is 0.432. The lowest BCUT2D eigenvalue weighted by molar-refractivity contribution is -0.384. The molecule has 2 rings (SSSR count). The molecule has 6 nitrogen and oxygen atoms in total. The second kappa shape index (κ2) is 5.57. The van der Waals surface area contributed by atoms with Crippen LogP contribution in [0.2, 0.25) is 0 Å². The van der Waals surface area contributed by atoms with Gasteiger partial charge in [-0.3, -0.25) is 10.1 Å². The number of hydrogen-bond donors (Lipinski definition) is 1. The van der Waals surface area contributed by atoms with Crippen molar-refractivity contribution in [3.05, 3.63) is 46.1 Å². The SMILES string of the molecule is CCNCc1coc(-c2ccc(F)cc2[N+](=O)[O-])n1. The number of hydrogen-bond acceptors (Lipinski definition) is 5. The molecule has 1 N–H and O–H groups in total. The van der Waals surface area contributed by atoms with Crippen LogP contribution in [0.3, 0.4) is 0 Å². The van der Waals surface area contributed by atoms with E-state index in [4.69, 9.17) is 4.42 Å². The fourth-order valence-electron chi connectivity index (χ4n) is 1.60. The molecule has 1 aromatic carbocycles. The van der Waals surface area contributed by atoms with Crippen LogP contribution in [0.25, 0.3) is 11.5 Å². The second-order valence-electron chi connectivity index (χ2n) is 3.84. The van der Waals surface area contributed by atoms with Gasteiger partial charge in [0.15, 0.2) is 0 Å². The van der Waals surface area contributed by atoms with Gasteiger partial charge in [-0.05, 0) is 18.7 Å². The maximum Gasteiger partial charge on any atom is 0.284 e. The maximum atomic E-state index is 13.0. The molecule has 0 amide bonds. The zero-order valence-electron chi connectivity index (χ0n) is 10.2. The van der Waals surface area contributed by atoms with Crippen LogP contribution in [-0.2, 0) is 6.54 Å². The van der Waals surface area contributed by atoms with Crippen molar-refractivity contribution in [1.29, 1.82) is 0 Å². The molecule has 0 saturated carbocycles. The van der Waals surface area contributed by atoms with Gasteiger partial charge < -0.3 is 9.73 Å². The molecule has 0 aliphatic heterocycles. The number of rotatable bonds is 5. The normalized spacial score (nSPS) is 10.6. The van der Waals surface area contributed by atoms with Gasteiger partial charge >= 0.3 is 0 Å². The first-order chi connectivity index (χ1) is 9.11. The molecule has 0 aliphatic rings. The van der Waals surface area contributed by atoms with Gasteiger partial charge in [0.25, 0.3) is 5.69 Å². The minimum Gasteiger partial charge on any atom is -0.444 e. The predicted octanol–water partition coefficient (Wildman–Crippen LogP) is 2.50. The van der Waals surface area contributed by atoms with Crippen molar-refractivity contribution in [3.8, 4) is 11.5 Å². The van der Waals surface area contributed by atoms with E-state index >= 15 is 0 Å². The van der Waals surface area contributed by atoms with Crippen molar-refractivity contribution in [2.75, 3.05) is 6.54 Å². The van der Waals surface area contributed by atoms with Gasteiger partial charge in [-0.15, -0.1) is 0 Å². The Morgan fingerprint density at radius 2 is 2.32 bits per heavy atom. The summed E-state index contributed by atoms with van der Waals surface area (Å²) < 4.78 is 18.2. The third kappa shape index (κ3) is 2.94. The number of benzene rings is 1. The summed E-state index contributed by atoms with van der Waals surface area (Å²) in [5.74, 6) is -0.561. The molecule has 0 atom stereocenters. The molecule has 1 aromatic heterocycles. The van der Waals surface area contributed by atoms with Crippen LogP contribution in [-0.4, -0.2) is 16.5 Å². The van der Waals surface area contributed by atoms with E-state index in [1.807, 2.05) is 6.92 Å². The minimum absolute atomic E-state index is 0.111. The Balaban J connectivity index is 2.36. The van der Waals surface area contributed by atoms with Crippen molar-refractivity contribution in [2.45, 2.75) is 13.5 Å². The number of oxazole rings is 1. The van der Waals surface area contributed by atoms with Crippen molar-refractivity contribution < 1.29 is 13.7 Å². The van der Waals surface area contributed by atoms with E-state index in [0.717, 1.165) is 18.7 Å². The van der Waals surface area contributed by atoms with Crippen LogP contribution in [0.1, 0.15) is 12.6 Å². The van der Waals surface area contributed by atoms with Crippen LogP contribution >= 0.6 is 0 Å². The first kappa shape index (κ1) is 13.2. The zero-order chi connectivity index (χ0) is 13.8. The molecular formula is C12H12FN3O3. The van der Waals surface area contributed by atoms with Crippen LogP contribution < -0.4 is 5.32 Å². The highest BCUT2D eigenvalue weighted by Gasteiger charge is 2.20. The molecule has 1 heterocycles. The largest absolute Gasteiger partial charge is 0.444 e. The molecule has 0 aliphatic carbocycles. The number of aromatic nitrogens is 1. The van der Waals surface area contributed by atoms with Crippen molar-refractivity contribution in [2.24, 2.45) is 0 Å². The van der Waals surface area contributed by atoms with E-state index in [0.29, 0.717) is 12.2 Å². The fraction of sp³-hybridized carbons (Fsp3) is 0.250. The summed E-state index contributed by atoms with van der Waals surface area (Å²) in [7, 11) is 0. The third-order valence-corrected chi connectivity index (χ3v) is 2.49. The van der Waals surface area contributed by atoms with Crippen LogP contribution in [0.5, 0.6) is 0 Å². The number of nitro groups is 1. The Hall–Kier alpha value is -2.28. The van der Waals surface area contributed by atoms with E-state index in [1.165, 1.54) is 12.3 Å². The van der Waals surface area contributed by atoms with Crippen molar-refractivity contribution >= 4 is 5.69 Å². The van der Waals surface area contributed by atoms with Crippen LogP contribution in [0, 0.1) is 15.9 Å². The number of halogens is 1. The molecule has 7 heteroatoms. The summed E-state index contributed by atoms with van der Waals surface area (Å²) in [6.45, 7) is 3.24.